The molecule has 55 heavy (non-hydrogen) atoms. The Balaban J connectivity index is 0.00000337. The Hall–Kier alpha value is -4.38. The summed E-state index contributed by atoms with van der Waals surface area (Å²) in [5, 5.41) is 34.6. The summed E-state index contributed by atoms with van der Waals surface area (Å²) in [6.07, 6.45) is 3.34. The lowest BCUT2D eigenvalue weighted by atomic mass is 9.79. The summed E-state index contributed by atoms with van der Waals surface area (Å²) in [6, 6.07) is 4.53. The highest BCUT2D eigenvalue weighted by Crippen LogP contribution is 2.32. The van der Waals surface area contributed by atoms with Crippen LogP contribution in [0, 0.1) is 5.92 Å². The molecule has 1 heterocycles. The number of carbonyl (C=O) groups excluding carboxylic acids is 5. The Morgan fingerprint density at radius 3 is 2.13 bits per heavy atom. The molecule has 2 aliphatic rings. The second-order valence-corrected chi connectivity index (χ2v) is 15.2. The van der Waals surface area contributed by atoms with E-state index in [4.69, 9.17) is 10.5 Å². The van der Waals surface area contributed by atoms with Crippen molar-refractivity contribution in [3.05, 3.63) is 48.0 Å². The van der Waals surface area contributed by atoms with Gasteiger partial charge in [-0.25, -0.2) is 4.79 Å². The highest BCUT2D eigenvalue weighted by Gasteiger charge is 2.45. The van der Waals surface area contributed by atoms with Gasteiger partial charge in [0.15, 0.2) is 17.6 Å². The van der Waals surface area contributed by atoms with E-state index < -0.39 is 65.5 Å². The van der Waals surface area contributed by atoms with Crippen LogP contribution < -0.4 is 32.3 Å². The topological polar surface area (TPSA) is 237 Å². The van der Waals surface area contributed by atoms with Crippen LogP contribution in [0.4, 0.5) is 4.79 Å². The second-order valence-electron chi connectivity index (χ2n) is 15.2. The fraction of sp³-hybridized carbons (Fsp3) is 0.641. The Bertz CT molecular complexity index is 1490. The predicted octanol–water partition coefficient (Wildman–Crippen LogP) is 1.77. The molecular weight excluding hydrogens is 708 g/mol. The average Bonchev–Trinajstić information content (AvgIpc) is 3.60. The third kappa shape index (κ3) is 14.7. The number of ether oxygens (including phenoxy) is 1. The number of amidine groups is 1. The van der Waals surface area contributed by atoms with Crippen LogP contribution in [0.3, 0.4) is 0 Å². The molecule has 1 aromatic rings. The van der Waals surface area contributed by atoms with Gasteiger partial charge in [-0.15, -0.1) is 0 Å². The number of ketones is 1. The maximum Gasteiger partial charge on any atom is 0.408 e. The largest absolute Gasteiger partial charge is 0.444 e. The minimum Gasteiger partial charge on any atom is -0.444 e. The zero-order valence-electron chi connectivity index (χ0n) is 33.7. The first-order valence-electron chi connectivity index (χ1n) is 19.0. The SMILES string of the molecule is C=C(C(=O)NCC(=NC)NC(C(=O)C(N)NC)c1ccccc1)C(CC1CCC1)NC(=O)C1CCCN1C(=O)C(NC(=O)OC(C)(C)C)C(C)(O)O.CCC. The Morgan fingerprint density at radius 2 is 1.62 bits per heavy atom. The van der Waals surface area contributed by atoms with Gasteiger partial charge >= 0.3 is 6.09 Å². The molecule has 1 saturated carbocycles. The van der Waals surface area contributed by atoms with Crippen molar-refractivity contribution < 1.29 is 38.9 Å². The highest BCUT2D eigenvalue weighted by atomic mass is 16.6. The standard InChI is InChI=1S/C36H56N8O8.C3H8/c1-21(31(46)40-20-26(38-6)42-27(28(45)30(37)39-7)23-15-9-8-10-16-23)24(19-22-13-11-14-22)41-32(47)25-17-12-18-44(25)33(48)29(36(5,50)51)43-34(49)52-35(2,3)4;1-3-2/h8-10,15-16,22,24-25,27,29-30,39,50-51H,1,11-14,17-20,37H2,2-7H3,(H,38,42)(H,40,46)(H,41,47)(H,43,49);3H2,1-2H3. The van der Waals surface area contributed by atoms with Crippen LogP contribution in [-0.4, -0.2) is 113 Å². The van der Waals surface area contributed by atoms with E-state index in [1.165, 1.54) is 18.4 Å². The van der Waals surface area contributed by atoms with Crippen LogP contribution in [0.1, 0.15) is 98.1 Å². The minimum absolute atomic E-state index is 0.0815. The molecule has 1 saturated heterocycles. The predicted molar refractivity (Wildman–Crippen MR) is 210 cm³/mol. The highest BCUT2D eigenvalue weighted by molar-refractivity contribution is 6.00. The van der Waals surface area contributed by atoms with Gasteiger partial charge in [-0.1, -0.05) is 76.4 Å². The van der Waals surface area contributed by atoms with Crippen LogP contribution >= 0.6 is 0 Å². The van der Waals surface area contributed by atoms with Crippen molar-refractivity contribution in [2.45, 2.75) is 128 Å². The summed E-state index contributed by atoms with van der Waals surface area (Å²) in [4.78, 5) is 72.0. The third-order valence-corrected chi connectivity index (χ3v) is 9.15. The second kappa shape index (κ2) is 21.6. The number of aliphatic imine (C=N–C) groups is 1. The van der Waals surface area contributed by atoms with E-state index >= 15 is 0 Å². The van der Waals surface area contributed by atoms with Crippen molar-refractivity contribution in [1.82, 2.24) is 31.5 Å². The number of amides is 4. The molecule has 1 aromatic carbocycles. The molecule has 1 aliphatic carbocycles. The number of carbonyl (C=O) groups is 5. The van der Waals surface area contributed by atoms with Gasteiger partial charge < -0.3 is 46.9 Å². The van der Waals surface area contributed by atoms with Crippen molar-refractivity contribution in [2.75, 3.05) is 27.2 Å². The van der Waals surface area contributed by atoms with Gasteiger partial charge in [-0.05, 0) is 65.5 Å². The zero-order valence-corrected chi connectivity index (χ0v) is 33.7. The summed E-state index contributed by atoms with van der Waals surface area (Å²) >= 11 is 0. The summed E-state index contributed by atoms with van der Waals surface area (Å²) in [7, 11) is 3.10. The van der Waals surface area contributed by atoms with E-state index in [1.54, 1.807) is 52.1 Å². The van der Waals surface area contributed by atoms with Crippen molar-refractivity contribution in [3.8, 4) is 0 Å². The van der Waals surface area contributed by atoms with E-state index in [-0.39, 0.29) is 36.8 Å². The lowest BCUT2D eigenvalue weighted by Crippen LogP contribution is -2.62. The van der Waals surface area contributed by atoms with Crippen molar-refractivity contribution >= 4 is 35.4 Å². The molecule has 3 rings (SSSR count). The summed E-state index contributed by atoms with van der Waals surface area (Å²) in [5.41, 5.74) is 5.83. The molecule has 5 atom stereocenters. The number of nitrogens with two attached hydrogens (primary N) is 1. The molecule has 16 nitrogen and oxygen atoms in total. The molecule has 0 aromatic heterocycles. The van der Waals surface area contributed by atoms with E-state index in [0.717, 1.165) is 26.2 Å². The number of benzene rings is 1. The minimum atomic E-state index is -2.67. The van der Waals surface area contributed by atoms with E-state index in [0.29, 0.717) is 24.2 Å². The summed E-state index contributed by atoms with van der Waals surface area (Å²) in [6.45, 7) is 14.1. The number of likely N-dealkylation sites (tertiary alicyclic amines) is 1. The van der Waals surface area contributed by atoms with Crippen LogP contribution in [0.25, 0.3) is 0 Å². The Kier molecular flexibility index (Phi) is 18.4. The van der Waals surface area contributed by atoms with Gasteiger partial charge in [0.1, 0.15) is 29.7 Å². The van der Waals surface area contributed by atoms with Crippen molar-refractivity contribution in [1.29, 1.82) is 0 Å². The monoisotopic (exact) mass is 772 g/mol. The first-order chi connectivity index (χ1) is 25.8. The molecule has 308 valence electrons. The number of rotatable bonds is 16. The lowest BCUT2D eigenvalue weighted by Gasteiger charge is -2.35. The molecule has 4 amide bonds. The average molecular weight is 773 g/mol. The number of hydrogen-bond acceptors (Lipinski definition) is 11. The van der Waals surface area contributed by atoms with Gasteiger partial charge in [-0.3, -0.25) is 29.5 Å². The van der Waals surface area contributed by atoms with Crippen molar-refractivity contribution in [2.24, 2.45) is 16.6 Å². The zero-order chi connectivity index (χ0) is 41.5. The molecule has 0 radical (unpaired) electrons. The van der Waals surface area contributed by atoms with Gasteiger partial charge in [0.25, 0.3) is 5.91 Å². The fourth-order valence-corrected chi connectivity index (χ4v) is 6.03. The summed E-state index contributed by atoms with van der Waals surface area (Å²) in [5.74, 6) is -4.39. The number of nitrogens with one attached hydrogen (secondary N) is 5. The summed E-state index contributed by atoms with van der Waals surface area (Å²) < 4.78 is 5.21. The molecule has 0 bridgehead atoms. The number of Topliss-reactive ketones (excluding diaryl/α,β-unsaturated/α-hetero) is 1. The first kappa shape index (κ1) is 46.8. The molecule has 5 unspecified atom stereocenters. The van der Waals surface area contributed by atoms with Gasteiger partial charge in [0, 0.05) is 19.2 Å². The van der Waals surface area contributed by atoms with Gasteiger partial charge in [-0.2, -0.15) is 0 Å². The third-order valence-electron chi connectivity index (χ3n) is 9.15. The van der Waals surface area contributed by atoms with Crippen LogP contribution in [0.2, 0.25) is 0 Å². The first-order valence-corrected chi connectivity index (χ1v) is 19.0. The fourth-order valence-electron chi connectivity index (χ4n) is 6.03. The van der Waals surface area contributed by atoms with Crippen LogP contribution in [0.5, 0.6) is 0 Å². The van der Waals surface area contributed by atoms with Crippen LogP contribution in [-0.2, 0) is 23.9 Å². The Labute approximate surface area is 325 Å². The number of nitrogens with zero attached hydrogens (tertiary/aromatic N) is 2. The Morgan fingerprint density at radius 1 is 1.00 bits per heavy atom. The van der Waals surface area contributed by atoms with E-state index in [1.807, 2.05) is 6.07 Å². The van der Waals surface area contributed by atoms with Crippen LogP contribution in [0.15, 0.2) is 47.5 Å². The molecule has 9 N–H and O–H groups in total. The molecular formula is C39H64N8O8. The maximum atomic E-state index is 13.8. The molecule has 0 spiro atoms. The quantitative estimate of drug-likeness (QED) is 0.0522. The molecule has 2 fully saturated rings. The molecule has 1 aliphatic heterocycles. The maximum absolute atomic E-state index is 13.8. The van der Waals surface area contributed by atoms with E-state index in [9.17, 15) is 34.2 Å². The van der Waals surface area contributed by atoms with Crippen molar-refractivity contribution in [3.63, 3.8) is 0 Å². The van der Waals surface area contributed by atoms with E-state index in [2.05, 4.69) is 52.0 Å². The number of likely N-dealkylation sites (N-methyl/N-ethyl adjacent to an activating group) is 1. The van der Waals surface area contributed by atoms with Gasteiger partial charge in [0.05, 0.1) is 12.6 Å². The lowest BCUT2D eigenvalue weighted by molar-refractivity contribution is -0.182. The molecule has 16 heteroatoms. The van der Waals surface area contributed by atoms with Gasteiger partial charge in [0.2, 0.25) is 11.8 Å². The smallest absolute Gasteiger partial charge is 0.408 e. The number of aliphatic hydroxyl groups is 2. The number of alkyl carbamates (subject to hydrolysis) is 1. The number of hydrogen-bond donors (Lipinski definition) is 8. The normalized spacial score (nSPS) is 18.3.